The highest BCUT2D eigenvalue weighted by atomic mass is 127. The van der Waals surface area contributed by atoms with E-state index in [1.54, 1.807) is 19.2 Å². The third-order valence-corrected chi connectivity index (χ3v) is 5.31. The summed E-state index contributed by atoms with van der Waals surface area (Å²) in [6, 6.07) is 4.37. The molecule has 1 heterocycles. The highest BCUT2D eigenvalue weighted by Crippen LogP contribution is 2.12. The molecule has 0 saturated carbocycles. The van der Waals surface area contributed by atoms with E-state index in [9.17, 15) is 12.8 Å². The fourth-order valence-electron chi connectivity index (χ4n) is 2.34. The van der Waals surface area contributed by atoms with Crippen molar-refractivity contribution in [3.05, 3.63) is 35.1 Å². The van der Waals surface area contributed by atoms with Crippen molar-refractivity contribution >= 4 is 39.8 Å². The lowest BCUT2D eigenvalue weighted by atomic mass is 10.1. The zero-order valence-electron chi connectivity index (χ0n) is 12.8. The maximum atomic E-state index is 13.3. The predicted molar refractivity (Wildman–Crippen MR) is 98.1 cm³/mol. The SMILES string of the molecule is CN=C(NCc1ccc(F)c(CO)c1)NC1CCS(=O)(=O)C1.I. The Morgan fingerprint density at radius 1 is 1.48 bits per heavy atom. The van der Waals surface area contributed by atoms with Gasteiger partial charge in [0.15, 0.2) is 15.8 Å². The summed E-state index contributed by atoms with van der Waals surface area (Å²) in [7, 11) is -1.35. The summed E-state index contributed by atoms with van der Waals surface area (Å²) in [5.41, 5.74) is 1.04. The second kappa shape index (κ2) is 8.78. The molecule has 3 N–H and O–H groups in total. The number of nitrogens with zero attached hydrogens (tertiary/aromatic N) is 1. The standard InChI is InChI=1S/C14H20FN3O3S.HI/c1-16-14(18-12-4-5-22(20,21)9-12)17-7-10-2-3-13(15)11(6-10)8-19;/h2-3,6,12,19H,4-5,7-9H2,1H3,(H2,16,17,18);1H. The highest BCUT2D eigenvalue weighted by molar-refractivity contribution is 14.0. The smallest absolute Gasteiger partial charge is 0.191 e. The van der Waals surface area contributed by atoms with Crippen LogP contribution in [-0.2, 0) is 23.0 Å². The fraction of sp³-hybridized carbons (Fsp3) is 0.500. The third kappa shape index (κ3) is 5.88. The molecule has 1 aliphatic rings. The Kier molecular flexibility index (Phi) is 7.68. The van der Waals surface area contributed by atoms with Gasteiger partial charge in [-0.05, 0) is 24.1 Å². The molecule has 1 aliphatic heterocycles. The van der Waals surface area contributed by atoms with Crippen molar-refractivity contribution < 1.29 is 17.9 Å². The monoisotopic (exact) mass is 457 g/mol. The van der Waals surface area contributed by atoms with E-state index in [2.05, 4.69) is 15.6 Å². The molecule has 1 atom stereocenters. The number of aliphatic imine (C=N–C) groups is 1. The van der Waals surface area contributed by atoms with E-state index >= 15 is 0 Å². The van der Waals surface area contributed by atoms with Gasteiger partial charge < -0.3 is 15.7 Å². The summed E-state index contributed by atoms with van der Waals surface area (Å²) in [4.78, 5) is 4.05. The molecule has 130 valence electrons. The second-order valence-corrected chi connectivity index (χ2v) is 7.48. The van der Waals surface area contributed by atoms with Gasteiger partial charge in [-0.25, -0.2) is 12.8 Å². The van der Waals surface area contributed by atoms with E-state index in [0.29, 0.717) is 18.9 Å². The Balaban J connectivity index is 0.00000264. The van der Waals surface area contributed by atoms with Crippen LogP contribution in [0.2, 0.25) is 0 Å². The summed E-state index contributed by atoms with van der Waals surface area (Å²) >= 11 is 0. The first kappa shape index (κ1) is 20.1. The summed E-state index contributed by atoms with van der Waals surface area (Å²) in [6.45, 7) is 0.0407. The number of hydrogen-bond donors (Lipinski definition) is 3. The summed E-state index contributed by atoms with van der Waals surface area (Å²) in [6.07, 6.45) is 0.564. The van der Waals surface area contributed by atoms with Crippen molar-refractivity contribution in [3.8, 4) is 0 Å². The van der Waals surface area contributed by atoms with Crippen LogP contribution in [0.1, 0.15) is 17.5 Å². The number of aliphatic hydroxyl groups excluding tert-OH is 1. The van der Waals surface area contributed by atoms with E-state index in [-0.39, 0.29) is 53.7 Å². The molecule has 0 radical (unpaired) electrons. The Hall–Kier alpha value is -0.940. The van der Waals surface area contributed by atoms with Gasteiger partial charge in [0.05, 0.1) is 18.1 Å². The molecule has 6 nitrogen and oxygen atoms in total. The Labute approximate surface area is 152 Å². The molecule has 0 spiro atoms. The molecule has 1 fully saturated rings. The van der Waals surface area contributed by atoms with Crippen LogP contribution in [-0.4, -0.2) is 44.1 Å². The Bertz CT molecular complexity index is 667. The lowest BCUT2D eigenvalue weighted by molar-refractivity contribution is 0.275. The van der Waals surface area contributed by atoms with E-state index in [4.69, 9.17) is 5.11 Å². The number of benzene rings is 1. The third-order valence-electron chi connectivity index (χ3n) is 3.54. The van der Waals surface area contributed by atoms with E-state index in [0.717, 1.165) is 5.56 Å². The van der Waals surface area contributed by atoms with Crippen molar-refractivity contribution in [3.63, 3.8) is 0 Å². The molecule has 0 aromatic heterocycles. The van der Waals surface area contributed by atoms with E-state index in [1.165, 1.54) is 6.07 Å². The topological polar surface area (TPSA) is 90.8 Å². The van der Waals surface area contributed by atoms with Gasteiger partial charge in [0, 0.05) is 25.2 Å². The van der Waals surface area contributed by atoms with Crippen molar-refractivity contribution in [1.82, 2.24) is 10.6 Å². The zero-order chi connectivity index (χ0) is 16.2. The molecule has 1 aromatic carbocycles. The summed E-state index contributed by atoms with van der Waals surface area (Å²) < 4.78 is 36.2. The van der Waals surface area contributed by atoms with Crippen LogP contribution in [0.3, 0.4) is 0 Å². The van der Waals surface area contributed by atoms with Gasteiger partial charge in [0.2, 0.25) is 0 Å². The van der Waals surface area contributed by atoms with Crippen molar-refractivity contribution in [1.29, 1.82) is 0 Å². The second-order valence-electron chi connectivity index (χ2n) is 5.25. The van der Waals surface area contributed by atoms with Gasteiger partial charge in [-0.3, -0.25) is 4.99 Å². The quantitative estimate of drug-likeness (QED) is 0.354. The highest BCUT2D eigenvalue weighted by Gasteiger charge is 2.28. The van der Waals surface area contributed by atoms with Crippen molar-refractivity contribution in [2.45, 2.75) is 25.6 Å². The van der Waals surface area contributed by atoms with Gasteiger partial charge in [-0.15, -0.1) is 24.0 Å². The minimum atomic E-state index is -2.94. The maximum absolute atomic E-state index is 13.3. The maximum Gasteiger partial charge on any atom is 0.191 e. The van der Waals surface area contributed by atoms with Crippen LogP contribution in [0.4, 0.5) is 4.39 Å². The molecular weight excluding hydrogens is 436 g/mol. The Morgan fingerprint density at radius 3 is 2.78 bits per heavy atom. The van der Waals surface area contributed by atoms with Gasteiger partial charge in [0.25, 0.3) is 0 Å². The van der Waals surface area contributed by atoms with E-state index in [1.807, 2.05) is 0 Å². The molecule has 1 saturated heterocycles. The molecule has 0 aliphatic carbocycles. The van der Waals surface area contributed by atoms with Gasteiger partial charge >= 0.3 is 0 Å². The predicted octanol–water partition coefficient (Wildman–Crippen LogP) is 0.788. The summed E-state index contributed by atoms with van der Waals surface area (Å²) in [5, 5.41) is 15.2. The van der Waals surface area contributed by atoms with Gasteiger partial charge in [0.1, 0.15) is 5.82 Å². The number of guanidine groups is 1. The first-order valence-corrected chi connectivity index (χ1v) is 8.81. The molecule has 0 amide bonds. The molecular formula is C14H21FIN3O3S. The Morgan fingerprint density at radius 2 is 2.22 bits per heavy atom. The van der Waals surface area contributed by atoms with Crippen LogP contribution in [0.5, 0.6) is 0 Å². The average Bonchev–Trinajstić information content (AvgIpc) is 2.83. The summed E-state index contributed by atoms with van der Waals surface area (Å²) in [5.74, 6) is 0.361. The van der Waals surface area contributed by atoms with Crippen LogP contribution in [0.15, 0.2) is 23.2 Å². The number of rotatable bonds is 4. The van der Waals surface area contributed by atoms with Crippen LogP contribution < -0.4 is 10.6 Å². The first-order valence-electron chi connectivity index (χ1n) is 6.99. The van der Waals surface area contributed by atoms with Crippen LogP contribution in [0.25, 0.3) is 0 Å². The minimum Gasteiger partial charge on any atom is -0.392 e. The lowest BCUT2D eigenvalue weighted by Crippen LogP contribution is -2.43. The number of sulfone groups is 1. The van der Waals surface area contributed by atoms with Crippen molar-refractivity contribution in [2.75, 3.05) is 18.6 Å². The lowest BCUT2D eigenvalue weighted by Gasteiger charge is -2.16. The van der Waals surface area contributed by atoms with E-state index < -0.39 is 15.7 Å². The molecule has 1 unspecified atom stereocenters. The molecule has 23 heavy (non-hydrogen) atoms. The normalized spacial score (nSPS) is 20.0. The number of nitrogens with one attached hydrogen (secondary N) is 2. The van der Waals surface area contributed by atoms with Gasteiger partial charge in [-0.1, -0.05) is 6.07 Å². The molecule has 0 bridgehead atoms. The number of aliphatic hydroxyl groups is 1. The van der Waals surface area contributed by atoms with Crippen LogP contribution >= 0.6 is 24.0 Å². The largest absolute Gasteiger partial charge is 0.392 e. The fourth-order valence-corrected chi connectivity index (χ4v) is 4.02. The van der Waals surface area contributed by atoms with Gasteiger partial charge in [-0.2, -0.15) is 0 Å². The molecule has 1 aromatic rings. The molecule has 2 rings (SSSR count). The number of hydrogen-bond acceptors (Lipinski definition) is 4. The zero-order valence-corrected chi connectivity index (χ0v) is 15.9. The molecule has 9 heteroatoms. The minimum absolute atomic E-state index is 0. The average molecular weight is 457 g/mol. The van der Waals surface area contributed by atoms with Crippen LogP contribution in [0, 0.1) is 5.82 Å². The first-order chi connectivity index (χ1) is 10.4. The number of halogens is 2. The van der Waals surface area contributed by atoms with Crippen molar-refractivity contribution in [2.24, 2.45) is 4.99 Å².